The van der Waals surface area contributed by atoms with Gasteiger partial charge in [0.05, 0.1) is 20.1 Å². The van der Waals surface area contributed by atoms with Gasteiger partial charge in [0, 0.05) is 20.9 Å². The van der Waals surface area contributed by atoms with Gasteiger partial charge in [0.25, 0.3) is 0 Å². The zero-order valence-electron chi connectivity index (χ0n) is 16.8. The first-order chi connectivity index (χ1) is 16.9. The number of hydrogen-bond donors (Lipinski definition) is 0. The van der Waals surface area contributed by atoms with E-state index in [2.05, 4.69) is 0 Å². The van der Waals surface area contributed by atoms with E-state index in [1.165, 1.54) is 0 Å². The third kappa shape index (κ3) is 3.35. The van der Waals surface area contributed by atoms with E-state index in [1.807, 2.05) is 0 Å². The van der Waals surface area contributed by atoms with E-state index >= 15 is 17.6 Å². The quantitative estimate of drug-likeness (QED) is 0.0967. The first-order valence-electron chi connectivity index (χ1n) is 9.58. The second kappa shape index (κ2) is 8.52. The van der Waals surface area contributed by atoms with Crippen molar-refractivity contribution < 1.29 is 35.1 Å². The summed E-state index contributed by atoms with van der Waals surface area (Å²) in [7, 11) is 0. The highest BCUT2D eigenvalue weighted by molar-refractivity contribution is 6.42. The van der Waals surface area contributed by atoms with Crippen LogP contribution in [0.1, 0.15) is 0 Å². The van der Waals surface area contributed by atoms with E-state index in [4.69, 9.17) is 46.4 Å². The van der Waals surface area contributed by atoms with Crippen molar-refractivity contribution in [3.05, 3.63) is 133 Å². The van der Waals surface area contributed by atoms with Gasteiger partial charge in [-0.15, -0.1) is 0 Å². The predicted molar refractivity (Wildman–Crippen MR) is 116 cm³/mol. The lowest BCUT2D eigenvalue weighted by Crippen LogP contribution is -2.06. The molecule has 0 nitrogen and oxygen atoms in total. The fourth-order valence-electron chi connectivity index (χ4n) is 4.20. The number of hydrogen-bond acceptors (Lipinski definition) is 0. The van der Waals surface area contributed by atoms with E-state index in [0.717, 1.165) is 24.3 Å². The highest BCUT2D eigenvalue weighted by Gasteiger charge is 2.24. The lowest BCUT2D eigenvalue weighted by atomic mass is 10.00. The molecule has 1 aliphatic rings. The molecule has 0 heterocycles. The van der Waals surface area contributed by atoms with Crippen LogP contribution < -0.4 is 0 Å². The molecule has 4 aromatic carbocycles. The lowest BCUT2D eigenvalue weighted by Gasteiger charge is -2.09. The molecule has 1 aliphatic carbocycles. The van der Waals surface area contributed by atoms with Gasteiger partial charge in [0.1, 0.15) is 0 Å². The minimum absolute atomic E-state index is 0.342. The molecule has 0 radical (unpaired) electrons. The third-order valence-electron chi connectivity index (χ3n) is 5.73. The van der Waals surface area contributed by atoms with E-state index < -0.39 is 88.3 Å². The van der Waals surface area contributed by atoms with Crippen LogP contribution in [0.4, 0.5) is 35.1 Å². The average Bonchev–Trinajstić information content (AvgIpc) is 2.83. The van der Waals surface area contributed by atoms with Crippen molar-refractivity contribution >= 4 is 46.4 Å². The minimum atomic E-state index is -2.23. The molecule has 0 atom stereocenters. The zero-order valence-corrected chi connectivity index (χ0v) is 19.9. The van der Waals surface area contributed by atoms with E-state index in [1.54, 1.807) is 0 Å². The Morgan fingerprint density at radius 2 is 0.472 bits per heavy atom. The minimum Gasteiger partial charge on any atom is -0.203 e. The topological polar surface area (TPSA) is 0 Å². The summed E-state index contributed by atoms with van der Waals surface area (Å²) in [5.41, 5.74) is 0. The van der Waals surface area contributed by atoms with Gasteiger partial charge in [-0.05, 0) is 45.1 Å². The SMILES string of the molecule is Fc1c(F)c(F)c2/c(c1F)=c1/cc(Cl)c(Cl)c/c1=c1\c(F)c(F)c(F)c(F)\c1=c1/cc(Cl)c(Cl)c/c1=2. The van der Waals surface area contributed by atoms with Gasteiger partial charge < -0.3 is 0 Å². The Labute approximate surface area is 213 Å². The molecule has 0 bridgehead atoms. The Morgan fingerprint density at radius 1 is 0.306 bits per heavy atom. The first-order valence-corrected chi connectivity index (χ1v) is 11.1. The number of fused-ring (bicyclic) bond motifs is 4. The van der Waals surface area contributed by atoms with Crippen LogP contribution >= 0.6 is 46.4 Å². The van der Waals surface area contributed by atoms with E-state index in [0.29, 0.717) is 0 Å². The van der Waals surface area contributed by atoms with Crippen LogP contribution in [0.3, 0.4) is 0 Å². The van der Waals surface area contributed by atoms with Crippen molar-refractivity contribution in [2.75, 3.05) is 0 Å². The molecule has 0 spiro atoms. The molecule has 0 N–H and O–H groups in total. The van der Waals surface area contributed by atoms with Gasteiger partial charge >= 0.3 is 0 Å². The van der Waals surface area contributed by atoms with Crippen molar-refractivity contribution in [3.63, 3.8) is 0 Å². The average molecular weight is 586 g/mol. The van der Waals surface area contributed by atoms with E-state index in [9.17, 15) is 17.6 Å². The number of halogens is 12. The van der Waals surface area contributed by atoms with Crippen LogP contribution in [0.25, 0.3) is 0 Å². The maximum Gasteiger partial charge on any atom is 0.198 e. The van der Waals surface area contributed by atoms with Crippen LogP contribution in [-0.4, -0.2) is 0 Å². The third-order valence-corrected chi connectivity index (χ3v) is 7.18. The molecule has 0 saturated carbocycles. The molecule has 0 fully saturated rings. The molecule has 12 heteroatoms. The molecule has 5 rings (SSSR count). The van der Waals surface area contributed by atoms with Gasteiger partial charge in [0.15, 0.2) is 46.5 Å². The zero-order chi connectivity index (χ0) is 26.4. The van der Waals surface area contributed by atoms with Crippen molar-refractivity contribution in [3.8, 4) is 0 Å². The van der Waals surface area contributed by atoms with Crippen molar-refractivity contribution in [2.45, 2.75) is 0 Å². The first kappa shape index (κ1) is 25.1. The Balaban J connectivity index is 2.58. The van der Waals surface area contributed by atoms with Crippen LogP contribution in [0, 0.1) is 88.3 Å². The summed E-state index contributed by atoms with van der Waals surface area (Å²) in [6.45, 7) is 0. The van der Waals surface area contributed by atoms with Gasteiger partial charge in [0.2, 0.25) is 0 Å². The number of benzene rings is 4. The van der Waals surface area contributed by atoms with Gasteiger partial charge in [-0.1, -0.05) is 46.4 Å². The second-order valence-corrected chi connectivity index (χ2v) is 9.26. The predicted octanol–water partition coefficient (Wildman–Crippen LogP) is 8.87. The maximum atomic E-state index is 15.3. The molecule has 4 aromatic rings. The van der Waals surface area contributed by atoms with Crippen molar-refractivity contribution in [1.82, 2.24) is 0 Å². The Bertz CT molecular complexity index is 1780. The van der Waals surface area contributed by atoms with Gasteiger partial charge in [-0.2, -0.15) is 0 Å². The summed E-state index contributed by atoms with van der Waals surface area (Å²) in [6, 6.07) is 3.34. The van der Waals surface area contributed by atoms with Crippen molar-refractivity contribution in [1.29, 1.82) is 0 Å². The normalized spacial score (nSPS) is 15.9. The molecular formula is C24H4Cl4F8. The van der Waals surface area contributed by atoms with Crippen molar-refractivity contribution in [2.24, 2.45) is 0 Å². The summed E-state index contributed by atoms with van der Waals surface area (Å²) in [5, 5.41) is -7.84. The van der Waals surface area contributed by atoms with E-state index in [-0.39, 0.29) is 20.1 Å². The summed E-state index contributed by atoms with van der Waals surface area (Å²) in [6.07, 6.45) is 0. The monoisotopic (exact) mass is 584 g/mol. The molecule has 0 saturated heterocycles. The molecule has 0 aliphatic heterocycles. The van der Waals surface area contributed by atoms with Gasteiger partial charge in [-0.25, -0.2) is 35.1 Å². The second-order valence-electron chi connectivity index (χ2n) is 7.64. The molecule has 0 amide bonds. The Kier molecular flexibility index (Phi) is 5.95. The van der Waals surface area contributed by atoms with Crippen LogP contribution in [0.15, 0.2) is 24.3 Å². The molecule has 0 unspecified atom stereocenters. The molecule has 36 heavy (non-hydrogen) atoms. The Hall–Kier alpha value is -2.52. The lowest BCUT2D eigenvalue weighted by molar-refractivity contribution is 0.401. The van der Waals surface area contributed by atoms with Crippen LogP contribution in [-0.2, 0) is 0 Å². The standard InChI is InChI=1S/C24H4Cl4F8/c25-9-1-5-6(2-10(9)26)14-16(20(32)24(36)22(34)18(14)30)8-4-12(28)11(27)3-7(8)15-13(5)17(29)21(33)23(35)19(15)31/h1-4H/b13-5+,14-6+,15-7+,16-8+. The largest absolute Gasteiger partial charge is 0.203 e. The smallest absolute Gasteiger partial charge is 0.198 e. The summed E-state index contributed by atoms with van der Waals surface area (Å²) < 4.78 is 119. The summed E-state index contributed by atoms with van der Waals surface area (Å²) in [5.74, 6) is -16.7. The highest BCUT2D eigenvalue weighted by Crippen LogP contribution is 2.31. The molecular weight excluding hydrogens is 582 g/mol. The summed E-state index contributed by atoms with van der Waals surface area (Å²) >= 11 is 24.1. The van der Waals surface area contributed by atoms with Crippen LogP contribution in [0.2, 0.25) is 20.1 Å². The molecule has 184 valence electrons. The molecule has 0 aromatic heterocycles. The van der Waals surface area contributed by atoms with Crippen LogP contribution in [0.5, 0.6) is 0 Å². The highest BCUT2D eigenvalue weighted by atomic mass is 35.5. The fourth-order valence-corrected chi connectivity index (χ4v) is 4.85. The summed E-state index contributed by atoms with van der Waals surface area (Å²) in [4.78, 5) is 0. The fraction of sp³-hybridized carbons (Fsp3) is 0. The Morgan fingerprint density at radius 3 is 0.639 bits per heavy atom. The number of rotatable bonds is 0. The van der Waals surface area contributed by atoms with Gasteiger partial charge in [-0.3, -0.25) is 0 Å². The maximum absolute atomic E-state index is 15.3.